The van der Waals surface area contributed by atoms with Crippen LogP contribution in [0.15, 0.2) is 0 Å². The average molecular weight is 425 g/mol. The van der Waals surface area contributed by atoms with Crippen molar-refractivity contribution in [2.24, 2.45) is 0 Å². The summed E-state index contributed by atoms with van der Waals surface area (Å²) in [6, 6.07) is 0.183. The minimum absolute atomic E-state index is 0.183. The van der Waals surface area contributed by atoms with Crippen LogP contribution in [0, 0.1) is 0 Å². The van der Waals surface area contributed by atoms with Crippen LogP contribution in [0.2, 0.25) is 0 Å². The lowest BCUT2D eigenvalue weighted by Gasteiger charge is -2.29. The van der Waals surface area contributed by atoms with E-state index in [2.05, 4.69) is 15.0 Å². The lowest BCUT2D eigenvalue weighted by Crippen LogP contribution is -2.46. The van der Waals surface area contributed by atoms with E-state index in [0.29, 0.717) is 18.5 Å². The Morgan fingerprint density at radius 2 is 1.47 bits per heavy atom. The summed E-state index contributed by atoms with van der Waals surface area (Å²) in [5.41, 5.74) is 0. The topological polar surface area (TPSA) is 101 Å². The highest BCUT2D eigenvalue weighted by Gasteiger charge is 2.59. The first-order valence-electron chi connectivity index (χ1n) is 10.0. The van der Waals surface area contributed by atoms with Gasteiger partial charge >= 0.3 is 6.01 Å². The minimum Gasteiger partial charge on any atom is -0.454 e. The zero-order chi connectivity index (χ0) is 21.8. The van der Waals surface area contributed by atoms with Crippen molar-refractivity contribution in [2.75, 3.05) is 44.6 Å². The second-order valence-electron chi connectivity index (χ2n) is 9.03. The Kier molecular flexibility index (Phi) is 5.30. The van der Waals surface area contributed by atoms with Crippen molar-refractivity contribution in [2.45, 2.75) is 70.0 Å². The highest BCUT2D eigenvalue weighted by molar-refractivity contribution is 5.38. The van der Waals surface area contributed by atoms with E-state index >= 15 is 0 Å². The Hall–Kier alpha value is -1.79. The quantitative estimate of drug-likeness (QED) is 0.669. The molecule has 0 amide bonds. The first-order chi connectivity index (χ1) is 13.9. The van der Waals surface area contributed by atoms with Gasteiger partial charge in [-0.25, -0.2) is 0 Å². The lowest BCUT2D eigenvalue weighted by atomic mass is 10.1. The summed E-state index contributed by atoms with van der Waals surface area (Å²) in [5, 5.41) is 0. The summed E-state index contributed by atoms with van der Waals surface area (Å²) in [5.74, 6) is -0.500. The van der Waals surface area contributed by atoms with Gasteiger partial charge in [-0.2, -0.15) is 15.0 Å². The maximum atomic E-state index is 6.28. The third-order valence-electron chi connectivity index (χ3n) is 5.06. The van der Waals surface area contributed by atoms with E-state index in [1.807, 2.05) is 55.9 Å². The number of anilines is 2. The predicted octanol–water partition coefficient (Wildman–Crippen LogP) is 0.779. The molecule has 168 valence electrons. The Labute approximate surface area is 176 Å². The first kappa shape index (κ1) is 21.4. The van der Waals surface area contributed by atoms with Crippen molar-refractivity contribution >= 4 is 11.9 Å². The molecule has 5 atom stereocenters. The van der Waals surface area contributed by atoms with Crippen molar-refractivity contribution in [3.05, 3.63) is 0 Å². The van der Waals surface area contributed by atoms with Crippen molar-refractivity contribution in [1.82, 2.24) is 15.0 Å². The van der Waals surface area contributed by atoms with Crippen molar-refractivity contribution < 1.29 is 28.4 Å². The number of hydrogen-bond acceptors (Lipinski definition) is 11. The molecule has 30 heavy (non-hydrogen) atoms. The summed E-state index contributed by atoms with van der Waals surface area (Å²) in [6.45, 7) is 7.80. The number of rotatable bonds is 5. The normalized spacial score (nSPS) is 34.1. The standard InChI is InChI=1S/C19H31N5O6/c1-18(2)25-9-10(28-18)11-12(13-14(26-11)30-19(3,4)29-13)27-17-21-15(23(5)6)20-16(22-17)24(7)8/h10-14H,9H2,1-8H3/t10-,11-,12+,13-,14-/m1/s1. The van der Waals surface area contributed by atoms with Gasteiger partial charge in [-0.05, 0) is 27.7 Å². The fourth-order valence-electron chi connectivity index (χ4n) is 3.72. The summed E-state index contributed by atoms with van der Waals surface area (Å²) in [4.78, 5) is 16.9. The molecule has 11 nitrogen and oxygen atoms in total. The molecule has 0 aliphatic carbocycles. The van der Waals surface area contributed by atoms with Gasteiger partial charge in [0.1, 0.15) is 12.2 Å². The molecule has 0 bridgehead atoms. The molecule has 11 heteroatoms. The van der Waals surface area contributed by atoms with Crippen LogP contribution >= 0.6 is 0 Å². The maximum Gasteiger partial charge on any atom is 0.323 e. The van der Waals surface area contributed by atoms with E-state index in [4.69, 9.17) is 28.4 Å². The van der Waals surface area contributed by atoms with Crippen molar-refractivity contribution in [3.63, 3.8) is 0 Å². The Balaban J connectivity index is 1.63. The van der Waals surface area contributed by atoms with Gasteiger partial charge in [0.15, 0.2) is 30.1 Å². The monoisotopic (exact) mass is 425 g/mol. The van der Waals surface area contributed by atoms with Crippen LogP contribution in [-0.2, 0) is 23.7 Å². The van der Waals surface area contributed by atoms with E-state index in [-0.39, 0.29) is 12.1 Å². The number of nitrogens with zero attached hydrogens (tertiary/aromatic N) is 5. The smallest absolute Gasteiger partial charge is 0.323 e. The van der Waals surface area contributed by atoms with E-state index < -0.39 is 36.2 Å². The second kappa shape index (κ2) is 7.41. The predicted molar refractivity (Wildman–Crippen MR) is 106 cm³/mol. The van der Waals surface area contributed by atoms with Crippen LogP contribution < -0.4 is 14.5 Å². The van der Waals surface area contributed by atoms with Crippen LogP contribution in [0.5, 0.6) is 6.01 Å². The van der Waals surface area contributed by atoms with Gasteiger partial charge in [-0.3, -0.25) is 0 Å². The second-order valence-corrected chi connectivity index (χ2v) is 9.03. The largest absolute Gasteiger partial charge is 0.454 e. The molecule has 3 aliphatic heterocycles. The first-order valence-corrected chi connectivity index (χ1v) is 10.0. The number of ether oxygens (including phenoxy) is 6. The molecule has 3 fully saturated rings. The average Bonchev–Trinajstić information content (AvgIpc) is 3.24. The zero-order valence-corrected chi connectivity index (χ0v) is 18.8. The van der Waals surface area contributed by atoms with E-state index in [0.717, 1.165) is 0 Å². The zero-order valence-electron chi connectivity index (χ0n) is 18.8. The molecule has 0 radical (unpaired) electrons. The van der Waals surface area contributed by atoms with E-state index in [9.17, 15) is 0 Å². The fourth-order valence-corrected chi connectivity index (χ4v) is 3.72. The third kappa shape index (κ3) is 4.17. The minimum atomic E-state index is -0.781. The number of aromatic nitrogens is 3. The maximum absolute atomic E-state index is 6.28. The van der Waals surface area contributed by atoms with Crippen LogP contribution in [0.3, 0.4) is 0 Å². The Morgan fingerprint density at radius 3 is 2.00 bits per heavy atom. The summed E-state index contributed by atoms with van der Waals surface area (Å²) >= 11 is 0. The number of hydrogen-bond donors (Lipinski definition) is 0. The van der Waals surface area contributed by atoms with Crippen LogP contribution in [0.4, 0.5) is 11.9 Å². The summed E-state index contributed by atoms with van der Waals surface area (Å²) < 4.78 is 36.2. The van der Waals surface area contributed by atoms with Crippen LogP contribution in [0.1, 0.15) is 27.7 Å². The van der Waals surface area contributed by atoms with Crippen molar-refractivity contribution in [1.29, 1.82) is 0 Å². The molecule has 3 aliphatic rings. The molecule has 0 spiro atoms. The third-order valence-corrected chi connectivity index (χ3v) is 5.06. The highest BCUT2D eigenvalue weighted by Crippen LogP contribution is 2.42. The molecule has 4 heterocycles. The molecule has 3 saturated heterocycles. The molecular weight excluding hydrogens is 394 g/mol. The van der Waals surface area contributed by atoms with Crippen molar-refractivity contribution in [3.8, 4) is 6.01 Å². The Bertz CT molecular complexity index is 762. The van der Waals surface area contributed by atoms with Gasteiger partial charge in [-0.15, -0.1) is 0 Å². The fraction of sp³-hybridized carbons (Fsp3) is 0.842. The van der Waals surface area contributed by atoms with E-state index in [1.54, 1.807) is 9.80 Å². The molecular formula is C19H31N5O6. The molecule has 0 N–H and O–H groups in total. The van der Waals surface area contributed by atoms with Gasteiger partial charge < -0.3 is 38.2 Å². The SMILES string of the molecule is CN(C)c1nc(O[C@@H]2[C@H]3OC(C)(C)O[C@H]3O[C@@H]2[C@H]2COC(C)(C)O2)nc(N(C)C)n1. The highest BCUT2D eigenvalue weighted by atomic mass is 16.8. The van der Waals surface area contributed by atoms with Gasteiger partial charge in [0.25, 0.3) is 0 Å². The molecule has 0 saturated carbocycles. The van der Waals surface area contributed by atoms with Gasteiger partial charge in [0.2, 0.25) is 11.9 Å². The summed E-state index contributed by atoms with van der Waals surface area (Å²) in [6.07, 6.45) is -2.40. The molecule has 0 aromatic carbocycles. The molecule has 1 aromatic rings. The van der Waals surface area contributed by atoms with Gasteiger partial charge in [-0.1, -0.05) is 0 Å². The van der Waals surface area contributed by atoms with E-state index in [1.165, 1.54) is 0 Å². The molecule has 0 unspecified atom stereocenters. The van der Waals surface area contributed by atoms with Gasteiger partial charge in [0, 0.05) is 28.2 Å². The lowest BCUT2D eigenvalue weighted by molar-refractivity contribution is -0.230. The summed E-state index contributed by atoms with van der Waals surface area (Å²) in [7, 11) is 7.44. The van der Waals surface area contributed by atoms with Crippen LogP contribution in [0.25, 0.3) is 0 Å². The molecule has 4 rings (SSSR count). The Morgan fingerprint density at radius 1 is 0.833 bits per heavy atom. The number of fused-ring (bicyclic) bond motifs is 1. The molecule has 1 aromatic heterocycles. The van der Waals surface area contributed by atoms with Crippen LogP contribution in [-0.4, -0.2) is 92.0 Å². The van der Waals surface area contributed by atoms with Gasteiger partial charge in [0.05, 0.1) is 6.61 Å².